The SMILES string of the molecule is CN(Cc1cc2ccccc2n1C)C(=O)c1ccc2c(c1)CN(C)C(=O)C(CO)N2. The number of aliphatic hydroxyl groups excluding tert-OH is 1. The molecule has 0 saturated carbocycles. The monoisotopic (exact) mass is 406 g/mol. The van der Waals surface area contributed by atoms with Crippen molar-refractivity contribution in [3.8, 4) is 0 Å². The van der Waals surface area contributed by atoms with Crippen LogP contribution in [0.3, 0.4) is 0 Å². The summed E-state index contributed by atoms with van der Waals surface area (Å²) in [5.74, 6) is -0.255. The lowest BCUT2D eigenvalue weighted by molar-refractivity contribution is -0.131. The van der Waals surface area contributed by atoms with Gasteiger partial charge < -0.3 is 24.8 Å². The van der Waals surface area contributed by atoms with Crippen LogP contribution in [0.15, 0.2) is 48.5 Å². The number of nitrogens with one attached hydrogen (secondary N) is 1. The van der Waals surface area contributed by atoms with Crippen LogP contribution in [-0.2, 0) is 24.9 Å². The summed E-state index contributed by atoms with van der Waals surface area (Å²) in [7, 11) is 5.50. The number of likely N-dealkylation sites (N-methyl/N-ethyl adjacent to an activating group) is 1. The Labute approximate surface area is 175 Å². The third-order valence-corrected chi connectivity index (χ3v) is 5.74. The second-order valence-electron chi connectivity index (χ2n) is 7.86. The first kappa shape index (κ1) is 20.0. The summed E-state index contributed by atoms with van der Waals surface area (Å²) in [4.78, 5) is 28.7. The molecule has 2 N–H and O–H groups in total. The summed E-state index contributed by atoms with van der Waals surface area (Å²) < 4.78 is 2.11. The van der Waals surface area contributed by atoms with Gasteiger partial charge in [0.25, 0.3) is 5.91 Å². The van der Waals surface area contributed by atoms with E-state index in [0.717, 1.165) is 27.8 Å². The second kappa shape index (κ2) is 7.84. The Hall–Kier alpha value is -3.32. The molecule has 30 heavy (non-hydrogen) atoms. The van der Waals surface area contributed by atoms with Gasteiger partial charge in [0.1, 0.15) is 6.04 Å². The number of carbonyl (C=O) groups is 2. The van der Waals surface area contributed by atoms with Gasteiger partial charge in [-0.25, -0.2) is 0 Å². The fourth-order valence-corrected chi connectivity index (χ4v) is 4.00. The molecule has 0 radical (unpaired) electrons. The van der Waals surface area contributed by atoms with Crippen LogP contribution < -0.4 is 5.32 Å². The third kappa shape index (κ3) is 3.52. The lowest BCUT2D eigenvalue weighted by atomic mass is 10.1. The molecule has 7 heteroatoms. The van der Waals surface area contributed by atoms with Gasteiger partial charge in [0.2, 0.25) is 5.91 Å². The first-order valence-corrected chi connectivity index (χ1v) is 9.93. The fourth-order valence-electron chi connectivity index (χ4n) is 4.00. The summed E-state index contributed by atoms with van der Waals surface area (Å²) in [6, 6.07) is 15.0. The van der Waals surface area contributed by atoms with Gasteiger partial charge in [-0.15, -0.1) is 0 Å². The highest BCUT2D eigenvalue weighted by atomic mass is 16.3. The van der Waals surface area contributed by atoms with Crippen molar-refractivity contribution in [3.63, 3.8) is 0 Å². The number of carbonyl (C=O) groups excluding carboxylic acids is 2. The van der Waals surface area contributed by atoms with Crippen molar-refractivity contribution < 1.29 is 14.7 Å². The van der Waals surface area contributed by atoms with E-state index in [1.165, 1.54) is 0 Å². The molecule has 0 spiro atoms. The molecule has 0 saturated heterocycles. The zero-order chi connectivity index (χ0) is 21.4. The smallest absolute Gasteiger partial charge is 0.253 e. The molecule has 2 heterocycles. The number of rotatable bonds is 4. The van der Waals surface area contributed by atoms with Crippen molar-refractivity contribution in [1.82, 2.24) is 14.4 Å². The van der Waals surface area contributed by atoms with Crippen LogP contribution in [0.1, 0.15) is 21.6 Å². The number of anilines is 1. The molecule has 2 amide bonds. The Kier molecular flexibility index (Phi) is 5.22. The Morgan fingerprint density at radius 2 is 1.97 bits per heavy atom. The van der Waals surface area contributed by atoms with Gasteiger partial charge in [-0.05, 0) is 41.3 Å². The summed E-state index contributed by atoms with van der Waals surface area (Å²) in [5.41, 5.74) is 4.38. The minimum Gasteiger partial charge on any atom is -0.394 e. The maximum absolute atomic E-state index is 13.1. The molecule has 0 bridgehead atoms. The lowest BCUT2D eigenvalue weighted by Crippen LogP contribution is -2.40. The average Bonchev–Trinajstić information content (AvgIpc) is 3.00. The number of hydrogen-bond donors (Lipinski definition) is 2. The van der Waals surface area contributed by atoms with E-state index in [1.54, 1.807) is 30.0 Å². The Bertz CT molecular complexity index is 1120. The van der Waals surface area contributed by atoms with Crippen molar-refractivity contribution in [3.05, 3.63) is 65.4 Å². The van der Waals surface area contributed by atoms with Crippen LogP contribution >= 0.6 is 0 Å². The second-order valence-corrected chi connectivity index (χ2v) is 7.86. The normalized spacial score (nSPS) is 16.2. The van der Waals surface area contributed by atoms with Crippen molar-refractivity contribution in [2.24, 2.45) is 7.05 Å². The van der Waals surface area contributed by atoms with Crippen molar-refractivity contribution in [2.75, 3.05) is 26.0 Å². The molecule has 2 aromatic carbocycles. The molecular weight excluding hydrogens is 380 g/mol. The summed E-state index contributed by atoms with van der Waals surface area (Å²) in [5, 5.41) is 13.7. The minimum absolute atomic E-state index is 0.0833. The van der Waals surface area contributed by atoms with E-state index in [2.05, 4.69) is 28.1 Å². The van der Waals surface area contributed by atoms with E-state index in [-0.39, 0.29) is 18.4 Å². The van der Waals surface area contributed by atoms with Gasteiger partial charge in [0.15, 0.2) is 0 Å². The van der Waals surface area contributed by atoms with Gasteiger partial charge in [-0.2, -0.15) is 0 Å². The molecule has 7 nitrogen and oxygen atoms in total. The van der Waals surface area contributed by atoms with Gasteiger partial charge in [0, 0.05) is 50.1 Å². The fraction of sp³-hybridized carbons (Fsp3) is 0.304. The van der Waals surface area contributed by atoms with Crippen LogP contribution in [0.5, 0.6) is 0 Å². The van der Waals surface area contributed by atoms with E-state index in [4.69, 9.17) is 0 Å². The van der Waals surface area contributed by atoms with Crippen LogP contribution in [0.2, 0.25) is 0 Å². The first-order valence-electron chi connectivity index (χ1n) is 9.93. The Balaban J connectivity index is 1.57. The summed E-state index contributed by atoms with van der Waals surface area (Å²) in [6.07, 6.45) is 0. The van der Waals surface area contributed by atoms with E-state index < -0.39 is 6.04 Å². The Morgan fingerprint density at radius 1 is 1.20 bits per heavy atom. The van der Waals surface area contributed by atoms with Crippen molar-refractivity contribution in [1.29, 1.82) is 0 Å². The number of nitrogens with zero attached hydrogens (tertiary/aromatic N) is 3. The molecule has 1 aromatic heterocycles. The number of aryl methyl sites for hydroxylation is 1. The number of hydrogen-bond acceptors (Lipinski definition) is 4. The standard InChI is InChI=1S/C23H26N4O3/c1-25-12-17-10-16(8-9-19(17)24-20(14-28)23(25)30)22(29)26(2)13-18-11-15-6-4-5-7-21(15)27(18)3/h4-11,20,24,28H,12-14H2,1-3H3. The highest BCUT2D eigenvalue weighted by molar-refractivity contribution is 5.95. The number of amides is 2. The maximum Gasteiger partial charge on any atom is 0.253 e. The van der Waals surface area contributed by atoms with Gasteiger partial charge in [-0.1, -0.05) is 18.2 Å². The molecule has 1 aliphatic heterocycles. The molecule has 4 rings (SSSR count). The van der Waals surface area contributed by atoms with E-state index in [9.17, 15) is 14.7 Å². The average molecular weight is 406 g/mol. The first-order chi connectivity index (χ1) is 14.4. The lowest BCUT2D eigenvalue weighted by Gasteiger charge is -2.19. The number of aromatic nitrogens is 1. The number of aliphatic hydroxyl groups is 1. The quantitative estimate of drug-likeness (QED) is 0.696. The van der Waals surface area contributed by atoms with Gasteiger partial charge in [0.05, 0.1) is 13.2 Å². The van der Waals surface area contributed by atoms with Crippen LogP contribution in [0.4, 0.5) is 5.69 Å². The predicted molar refractivity (Wildman–Crippen MR) is 116 cm³/mol. The minimum atomic E-state index is -0.674. The largest absolute Gasteiger partial charge is 0.394 e. The van der Waals surface area contributed by atoms with Crippen molar-refractivity contribution in [2.45, 2.75) is 19.1 Å². The topological polar surface area (TPSA) is 77.8 Å². The van der Waals surface area contributed by atoms with Gasteiger partial charge >= 0.3 is 0 Å². The molecule has 0 fully saturated rings. The number of fused-ring (bicyclic) bond motifs is 2. The molecule has 1 atom stereocenters. The van der Waals surface area contributed by atoms with E-state index in [0.29, 0.717) is 18.7 Å². The van der Waals surface area contributed by atoms with Crippen LogP contribution in [-0.4, -0.2) is 58.0 Å². The zero-order valence-corrected chi connectivity index (χ0v) is 17.4. The van der Waals surface area contributed by atoms with E-state index in [1.807, 2.05) is 31.3 Å². The van der Waals surface area contributed by atoms with Crippen LogP contribution in [0, 0.1) is 0 Å². The summed E-state index contributed by atoms with van der Waals surface area (Å²) in [6.45, 7) is 0.590. The molecule has 1 unspecified atom stereocenters. The molecule has 1 aliphatic rings. The summed E-state index contributed by atoms with van der Waals surface area (Å²) >= 11 is 0. The highest BCUT2D eigenvalue weighted by Crippen LogP contribution is 2.25. The zero-order valence-electron chi connectivity index (χ0n) is 17.4. The van der Waals surface area contributed by atoms with Crippen LogP contribution in [0.25, 0.3) is 10.9 Å². The predicted octanol–water partition coefficient (Wildman–Crippen LogP) is 2.20. The highest BCUT2D eigenvalue weighted by Gasteiger charge is 2.27. The van der Waals surface area contributed by atoms with Crippen molar-refractivity contribution >= 4 is 28.4 Å². The number of para-hydroxylation sites is 1. The maximum atomic E-state index is 13.1. The molecule has 156 valence electrons. The third-order valence-electron chi connectivity index (χ3n) is 5.74. The van der Waals surface area contributed by atoms with E-state index >= 15 is 0 Å². The van der Waals surface area contributed by atoms with Gasteiger partial charge in [-0.3, -0.25) is 9.59 Å². The molecular formula is C23H26N4O3. The molecule has 3 aromatic rings. The molecule has 0 aliphatic carbocycles. The number of benzene rings is 2. The Morgan fingerprint density at radius 3 is 2.70 bits per heavy atom.